The zero-order chi connectivity index (χ0) is 37.4. The molecule has 6 N–H and O–H groups in total. The zero-order valence-electron chi connectivity index (χ0n) is 30.4. The second-order valence-electron chi connectivity index (χ2n) is 14.9. The molecule has 4 bridgehead atoms. The number of rotatable bonds is 10. The second-order valence-corrected chi connectivity index (χ2v) is 17.6. The van der Waals surface area contributed by atoms with E-state index < -0.39 is 24.0 Å². The van der Waals surface area contributed by atoms with Gasteiger partial charge in [0.2, 0.25) is 11.5 Å². The molecular formula is C41H50O10S2. The molecule has 2 aliphatic heterocycles. The molecule has 0 aromatic heterocycles. The maximum atomic E-state index is 12.5. The summed E-state index contributed by atoms with van der Waals surface area (Å²) >= 11 is 0. The van der Waals surface area contributed by atoms with Crippen molar-refractivity contribution < 1.29 is 49.6 Å². The van der Waals surface area contributed by atoms with E-state index in [9.17, 15) is 30.6 Å². The van der Waals surface area contributed by atoms with Crippen molar-refractivity contribution in [2.45, 2.75) is 81.2 Å². The summed E-state index contributed by atoms with van der Waals surface area (Å²) in [7, 11) is 4.83. The Morgan fingerprint density at radius 2 is 1.74 bits per heavy atom. The standard InChI is InChI=1S/C41H50O10S2/c1-21(2)11-13-49-33-17-28(37(45)41(48-3)39(33)47)40-38(46)30-20-52-53-24-6-4-5-22(15-24)7-9-25-27-16-23(44)8-10-26(27)34-31(50-14-12-42)18-32(51-40)35(30)36(34)29(25)19-43/h4,6,8,10,16-18,21-22,24-25,29-30,38,40,42-47H,5,7,9,11-15,19-20H2,1-3H3/t22-,24-,25+,29+,30+,38+,40+/m0/s1. The summed E-state index contributed by atoms with van der Waals surface area (Å²) in [5.74, 6) is 0.516. The van der Waals surface area contributed by atoms with E-state index in [2.05, 4.69) is 26.0 Å². The van der Waals surface area contributed by atoms with Crippen molar-refractivity contribution in [1.29, 1.82) is 0 Å². The summed E-state index contributed by atoms with van der Waals surface area (Å²) in [4.78, 5) is 0. The van der Waals surface area contributed by atoms with Crippen LogP contribution in [0.5, 0.6) is 40.2 Å². The summed E-state index contributed by atoms with van der Waals surface area (Å²) in [5.41, 5.74) is 4.37. The van der Waals surface area contributed by atoms with Crippen LogP contribution in [0.2, 0.25) is 0 Å². The lowest BCUT2D eigenvalue weighted by Crippen LogP contribution is -2.38. The Morgan fingerprint density at radius 1 is 0.925 bits per heavy atom. The maximum absolute atomic E-state index is 12.5. The molecule has 2 aliphatic carbocycles. The third-order valence-corrected chi connectivity index (χ3v) is 14.0. The highest BCUT2D eigenvalue weighted by atomic mass is 33.1. The first-order chi connectivity index (χ1) is 25.6. The number of phenolic OH excluding ortho intramolecular Hbond substituents is 3. The van der Waals surface area contributed by atoms with E-state index in [-0.39, 0.29) is 60.0 Å². The van der Waals surface area contributed by atoms with Gasteiger partial charge < -0.3 is 49.6 Å². The number of fused-ring (bicyclic) bond motifs is 6. The molecule has 4 aliphatic rings. The van der Waals surface area contributed by atoms with Crippen LogP contribution in [0.3, 0.4) is 0 Å². The van der Waals surface area contributed by atoms with Crippen molar-refractivity contribution in [3.8, 4) is 51.4 Å². The van der Waals surface area contributed by atoms with Crippen LogP contribution in [0.25, 0.3) is 11.1 Å². The lowest BCUT2D eigenvalue weighted by molar-refractivity contribution is 0.00260. The molecule has 0 radical (unpaired) electrons. The van der Waals surface area contributed by atoms with E-state index >= 15 is 0 Å². The first kappa shape index (κ1) is 37.9. The second kappa shape index (κ2) is 16.1. The maximum Gasteiger partial charge on any atom is 0.207 e. The Labute approximate surface area is 318 Å². The smallest absolute Gasteiger partial charge is 0.207 e. The fourth-order valence-corrected chi connectivity index (χ4v) is 11.5. The average Bonchev–Trinajstić information content (AvgIpc) is 3.14. The Hall–Kier alpha value is -3.42. The molecule has 3 aromatic rings. The number of methoxy groups -OCH3 is 1. The molecule has 0 unspecified atom stereocenters. The molecule has 0 fully saturated rings. The number of aliphatic hydroxyl groups excluding tert-OH is 3. The summed E-state index contributed by atoms with van der Waals surface area (Å²) < 4.78 is 24.5. The van der Waals surface area contributed by atoms with Gasteiger partial charge in [-0.2, -0.15) is 0 Å². The van der Waals surface area contributed by atoms with Gasteiger partial charge in [-0.3, -0.25) is 0 Å². The van der Waals surface area contributed by atoms with Crippen LogP contribution in [0, 0.1) is 11.8 Å². The molecule has 286 valence electrons. The first-order valence-electron chi connectivity index (χ1n) is 18.6. The van der Waals surface area contributed by atoms with Gasteiger partial charge in [0.05, 0.1) is 26.9 Å². The fourth-order valence-electron chi connectivity index (χ4n) is 8.58. The van der Waals surface area contributed by atoms with Gasteiger partial charge in [-0.1, -0.05) is 53.7 Å². The molecule has 53 heavy (non-hydrogen) atoms. The van der Waals surface area contributed by atoms with Crippen LogP contribution in [0.1, 0.15) is 92.1 Å². The van der Waals surface area contributed by atoms with E-state index in [0.717, 1.165) is 59.9 Å². The van der Waals surface area contributed by atoms with Crippen LogP contribution in [0.15, 0.2) is 42.5 Å². The Bertz CT molecular complexity index is 1830. The molecule has 0 saturated heterocycles. The van der Waals surface area contributed by atoms with Gasteiger partial charge in [-0.15, -0.1) is 0 Å². The monoisotopic (exact) mass is 766 g/mol. The highest BCUT2D eigenvalue weighted by molar-refractivity contribution is 8.77. The Morgan fingerprint density at radius 3 is 2.49 bits per heavy atom. The van der Waals surface area contributed by atoms with Crippen LogP contribution in [-0.2, 0) is 0 Å². The normalized spacial score (nSPS) is 26.1. The minimum absolute atomic E-state index is 0.0108. The van der Waals surface area contributed by atoms with Gasteiger partial charge in [0.25, 0.3) is 0 Å². The van der Waals surface area contributed by atoms with Crippen molar-refractivity contribution >= 4 is 21.6 Å². The molecule has 10 nitrogen and oxygen atoms in total. The minimum atomic E-state index is -1.17. The number of ether oxygens (including phenoxy) is 4. The topological polar surface area (TPSA) is 158 Å². The van der Waals surface area contributed by atoms with E-state index in [1.807, 2.05) is 6.07 Å². The fraction of sp³-hybridized carbons (Fsp3) is 0.512. The van der Waals surface area contributed by atoms with Crippen LogP contribution >= 0.6 is 21.6 Å². The van der Waals surface area contributed by atoms with E-state index in [0.29, 0.717) is 40.9 Å². The van der Waals surface area contributed by atoms with Gasteiger partial charge in [0.15, 0.2) is 17.6 Å². The van der Waals surface area contributed by atoms with Gasteiger partial charge in [0.1, 0.15) is 30.0 Å². The molecule has 3 aromatic carbocycles. The molecule has 2 heterocycles. The molecule has 0 saturated carbocycles. The van der Waals surface area contributed by atoms with Crippen molar-refractivity contribution in [1.82, 2.24) is 0 Å². The van der Waals surface area contributed by atoms with E-state index in [1.54, 1.807) is 39.8 Å². The molecule has 7 atom stereocenters. The van der Waals surface area contributed by atoms with Crippen molar-refractivity contribution in [2.75, 3.05) is 39.3 Å². The SMILES string of the molecule is COc1c(O)c(OCCC(C)C)cc([C@H]2Oc3cc(OCCO)c4c5c3[C@@H](CSS[C@H]3C=CC[C@@H](CC[C@H](c6cc(O)ccc6-4)[C@H]5CO)C3)[C@H]2O)c1O. The Kier molecular flexibility index (Phi) is 11.5. The summed E-state index contributed by atoms with van der Waals surface area (Å²) in [6.45, 7) is 4.07. The number of allylic oxidation sites excluding steroid dienone is 1. The van der Waals surface area contributed by atoms with Crippen molar-refractivity contribution in [3.63, 3.8) is 0 Å². The minimum Gasteiger partial charge on any atom is -0.508 e. The largest absolute Gasteiger partial charge is 0.508 e. The van der Waals surface area contributed by atoms with E-state index in [1.165, 1.54) is 13.2 Å². The van der Waals surface area contributed by atoms with Crippen molar-refractivity contribution in [2.24, 2.45) is 11.8 Å². The highest BCUT2D eigenvalue weighted by Crippen LogP contribution is 2.61. The average molecular weight is 767 g/mol. The van der Waals surface area contributed by atoms with Gasteiger partial charge in [-0.05, 0) is 84.7 Å². The third kappa shape index (κ3) is 7.25. The lowest BCUT2D eigenvalue weighted by Gasteiger charge is -2.43. The quantitative estimate of drug-likeness (QED) is 0.0892. The lowest BCUT2D eigenvalue weighted by atomic mass is 9.65. The molecule has 12 heteroatoms. The first-order valence-corrected chi connectivity index (χ1v) is 21.0. The zero-order valence-corrected chi connectivity index (χ0v) is 32.0. The number of aliphatic hydroxyl groups is 3. The van der Waals surface area contributed by atoms with Gasteiger partial charge in [-0.25, -0.2) is 0 Å². The summed E-state index contributed by atoms with van der Waals surface area (Å²) in [5, 5.41) is 67.3. The highest BCUT2D eigenvalue weighted by Gasteiger charge is 2.47. The summed E-state index contributed by atoms with van der Waals surface area (Å²) in [6.07, 6.45) is 6.77. The number of benzene rings is 3. The van der Waals surface area contributed by atoms with Crippen LogP contribution in [-0.4, -0.2) is 81.3 Å². The molecule has 0 amide bonds. The number of hydrogen-bond donors (Lipinski definition) is 6. The van der Waals surface area contributed by atoms with E-state index in [4.69, 9.17) is 18.9 Å². The molecule has 0 spiro atoms. The Balaban J connectivity index is 1.44. The summed E-state index contributed by atoms with van der Waals surface area (Å²) in [6, 6.07) is 8.64. The predicted molar refractivity (Wildman–Crippen MR) is 207 cm³/mol. The van der Waals surface area contributed by atoms with Crippen LogP contribution < -0.4 is 18.9 Å². The number of phenols is 3. The third-order valence-electron chi connectivity index (χ3n) is 11.2. The van der Waals surface area contributed by atoms with Crippen molar-refractivity contribution in [3.05, 3.63) is 64.7 Å². The number of aromatic hydroxyl groups is 3. The predicted octanol–water partition coefficient (Wildman–Crippen LogP) is 7.54. The van der Waals surface area contributed by atoms with Gasteiger partial charge >= 0.3 is 0 Å². The number of hydrogen-bond acceptors (Lipinski definition) is 12. The molecule has 7 rings (SSSR count). The van der Waals surface area contributed by atoms with Gasteiger partial charge in [0, 0.05) is 45.6 Å². The molecular weight excluding hydrogens is 717 g/mol. The van der Waals surface area contributed by atoms with Crippen LogP contribution in [0.4, 0.5) is 0 Å².